The maximum absolute atomic E-state index is 14.7. The van der Waals surface area contributed by atoms with E-state index in [-0.39, 0.29) is 30.6 Å². The predicted octanol–water partition coefficient (Wildman–Crippen LogP) is 2.51. The van der Waals surface area contributed by atoms with Crippen molar-refractivity contribution in [3.8, 4) is 0 Å². The van der Waals surface area contributed by atoms with Crippen LogP contribution in [0.3, 0.4) is 0 Å². The van der Waals surface area contributed by atoms with Gasteiger partial charge in [-0.15, -0.1) is 0 Å². The van der Waals surface area contributed by atoms with Crippen molar-refractivity contribution in [2.24, 2.45) is 4.99 Å². The van der Waals surface area contributed by atoms with Crippen molar-refractivity contribution in [1.82, 2.24) is 15.6 Å². The first-order valence-corrected chi connectivity index (χ1v) is 8.39. The zero-order valence-corrected chi connectivity index (χ0v) is 14.3. The number of aliphatic imine (C=N–C) groups is 1. The highest BCUT2D eigenvalue weighted by Crippen LogP contribution is 2.22. The monoisotopic (exact) mass is 340 g/mol. The van der Waals surface area contributed by atoms with Crippen molar-refractivity contribution in [2.75, 3.05) is 6.54 Å². The first kappa shape index (κ1) is 17.1. The van der Waals surface area contributed by atoms with E-state index in [2.05, 4.69) is 20.6 Å². The second-order valence-electron chi connectivity index (χ2n) is 5.98. The van der Waals surface area contributed by atoms with Crippen LogP contribution in [0.4, 0.5) is 4.39 Å². The summed E-state index contributed by atoms with van der Waals surface area (Å²) in [5, 5.41) is 5.98. The number of benzene rings is 1. The molecule has 0 fully saturated rings. The van der Waals surface area contributed by atoms with E-state index < -0.39 is 5.82 Å². The Morgan fingerprint density at radius 1 is 1.32 bits per heavy atom. The fourth-order valence-electron chi connectivity index (χ4n) is 2.88. The van der Waals surface area contributed by atoms with Gasteiger partial charge in [-0.25, -0.2) is 4.39 Å². The highest BCUT2D eigenvalue weighted by atomic mass is 19.1. The Labute approximate surface area is 146 Å². The van der Waals surface area contributed by atoms with E-state index in [1.807, 2.05) is 44.2 Å². The summed E-state index contributed by atoms with van der Waals surface area (Å²) in [5.74, 6) is -0.0252. The molecule has 0 bridgehead atoms. The summed E-state index contributed by atoms with van der Waals surface area (Å²) >= 11 is 0. The number of carbonyl (C=O) groups is 1. The van der Waals surface area contributed by atoms with Crippen LogP contribution < -0.4 is 10.6 Å². The summed E-state index contributed by atoms with van der Waals surface area (Å²) in [6.07, 6.45) is 1.50. The number of hydrogen-bond acceptors (Lipinski definition) is 4. The molecular formula is C19H21FN4O. The Balaban J connectivity index is 1.69. The van der Waals surface area contributed by atoms with Crippen LogP contribution in [0.25, 0.3) is 0 Å². The Bertz CT molecular complexity index is 805. The molecule has 25 heavy (non-hydrogen) atoms. The summed E-state index contributed by atoms with van der Waals surface area (Å²) < 4.78 is 14.7. The quantitative estimate of drug-likeness (QED) is 0.879. The van der Waals surface area contributed by atoms with Gasteiger partial charge in [-0.05, 0) is 19.4 Å². The highest BCUT2D eigenvalue weighted by molar-refractivity contribution is 6.01. The van der Waals surface area contributed by atoms with E-state index in [4.69, 9.17) is 0 Å². The number of nitrogens with zero attached hydrogens (tertiary/aromatic N) is 2. The van der Waals surface area contributed by atoms with Crippen LogP contribution >= 0.6 is 0 Å². The number of nitrogens with one attached hydrogen (secondary N) is 2. The van der Waals surface area contributed by atoms with Crippen LogP contribution in [-0.2, 0) is 17.8 Å². The molecular weight excluding hydrogens is 319 g/mol. The highest BCUT2D eigenvalue weighted by Gasteiger charge is 2.23. The summed E-state index contributed by atoms with van der Waals surface area (Å²) in [7, 11) is 0. The van der Waals surface area contributed by atoms with Gasteiger partial charge in [0.15, 0.2) is 5.82 Å². The molecule has 0 radical (unpaired) electrons. The van der Waals surface area contributed by atoms with Crippen LogP contribution in [-0.4, -0.2) is 23.3 Å². The van der Waals surface area contributed by atoms with Crippen LogP contribution in [0.15, 0.2) is 41.5 Å². The van der Waals surface area contributed by atoms with Crippen molar-refractivity contribution in [3.63, 3.8) is 0 Å². The van der Waals surface area contributed by atoms with Gasteiger partial charge in [-0.2, -0.15) is 0 Å². The molecule has 3 rings (SSSR count). The maximum Gasteiger partial charge on any atom is 0.226 e. The minimum Gasteiger partial charge on any atom is -0.370 e. The fraction of sp³-hybridized carbons (Fsp3) is 0.316. The van der Waals surface area contributed by atoms with Gasteiger partial charge < -0.3 is 10.6 Å². The fourth-order valence-corrected chi connectivity index (χ4v) is 2.88. The molecule has 0 saturated heterocycles. The number of pyridine rings is 1. The van der Waals surface area contributed by atoms with E-state index in [9.17, 15) is 9.18 Å². The van der Waals surface area contributed by atoms with Crippen LogP contribution in [0, 0.1) is 5.82 Å². The maximum atomic E-state index is 14.7. The minimum atomic E-state index is -0.434. The first-order chi connectivity index (χ1) is 12.1. The third kappa shape index (κ3) is 3.68. The van der Waals surface area contributed by atoms with Gasteiger partial charge in [0.1, 0.15) is 5.84 Å². The first-order valence-electron chi connectivity index (χ1n) is 8.39. The number of rotatable bonds is 5. The molecule has 2 N–H and O–H groups in total. The van der Waals surface area contributed by atoms with Crippen molar-refractivity contribution in [3.05, 3.63) is 64.7 Å². The summed E-state index contributed by atoms with van der Waals surface area (Å²) in [6, 6.07) is 9.50. The lowest BCUT2D eigenvalue weighted by Gasteiger charge is -2.14. The summed E-state index contributed by atoms with van der Waals surface area (Å²) in [5.41, 5.74) is 2.34. The van der Waals surface area contributed by atoms with Gasteiger partial charge in [0, 0.05) is 23.9 Å². The molecule has 1 amide bonds. The standard InChI is InChI=1S/C19H21FN4O/c1-3-21-19-15-11-22-16(18(20)14(15)10-23-19)9-17(25)24-12(2)13-7-5-4-6-8-13/h4-8,11-12H,3,9-10H2,1-2H3,(H,21,23)(H,24,25)/t12-/m1/s1. The molecule has 5 nitrogen and oxygen atoms in total. The third-order valence-corrected chi connectivity index (χ3v) is 4.19. The number of carbonyl (C=O) groups excluding carboxylic acids is 1. The Kier molecular flexibility index (Phi) is 5.07. The van der Waals surface area contributed by atoms with Gasteiger partial charge in [-0.1, -0.05) is 30.3 Å². The largest absolute Gasteiger partial charge is 0.370 e. The van der Waals surface area contributed by atoms with Gasteiger partial charge in [0.25, 0.3) is 0 Å². The second kappa shape index (κ2) is 7.42. The van der Waals surface area contributed by atoms with Gasteiger partial charge in [-0.3, -0.25) is 14.8 Å². The zero-order chi connectivity index (χ0) is 17.8. The van der Waals surface area contributed by atoms with Crippen molar-refractivity contribution in [1.29, 1.82) is 0 Å². The zero-order valence-electron chi connectivity index (χ0n) is 14.3. The Hall–Kier alpha value is -2.76. The number of aromatic nitrogens is 1. The molecule has 130 valence electrons. The lowest BCUT2D eigenvalue weighted by molar-refractivity contribution is -0.121. The lowest BCUT2D eigenvalue weighted by Crippen LogP contribution is -2.29. The number of amides is 1. The van der Waals surface area contributed by atoms with Gasteiger partial charge >= 0.3 is 0 Å². The number of amidine groups is 1. The predicted molar refractivity (Wildman–Crippen MR) is 94.8 cm³/mol. The Morgan fingerprint density at radius 3 is 2.80 bits per heavy atom. The molecule has 1 aromatic carbocycles. The van der Waals surface area contributed by atoms with Crippen LogP contribution in [0.5, 0.6) is 0 Å². The normalized spacial score (nSPS) is 13.8. The average molecular weight is 340 g/mol. The second-order valence-corrected chi connectivity index (χ2v) is 5.98. The third-order valence-electron chi connectivity index (χ3n) is 4.19. The molecule has 1 atom stereocenters. The van der Waals surface area contributed by atoms with Gasteiger partial charge in [0.05, 0.1) is 24.7 Å². The molecule has 1 aliphatic heterocycles. The summed E-state index contributed by atoms with van der Waals surface area (Å²) in [6.45, 7) is 4.84. The molecule has 0 saturated carbocycles. The molecule has 1 aliphatic rings. The van der Waals surface area contributed by atoms with Gasteiger partial charge in [0.2, 0.25) is 5.91 Å². The number of hydrogen-bond donors (Lipinski definition) is 2. The van der Waals surface area contributed by atoms with E-state index in [0.29, 0.717) is 23.5 Å². The van der Waals surface area contributed by atoms with Crippen molar-refractivity contribution in [2.45, 2.75) is 32.9 Å². The molecule has 0 unspecified atom stereocenters. The molecule has 1 aromatic heterocycles. The lowest BCUT2D eigenvalue weighted by atomic mass is 10.1. The average Bonchev–Trinajstić information content (AvgIpc) is 3.02. The van der Waals surface area contributed by atoms with Crippen LogP contribution in [0.2, 0.25) is 0 Å². The minimum absolute atomic E-state index is 0.0904. The van der Waals surface area contributed by atoms with E-state index >= 15 is 0 Å². The van der Waals surface area contributed by atoms with E-state index in [1.54, 1.807) is 6.20 Å². The van der Waals surface area contributed by atoms with E-state index in [1.165, 1.54) is 0 Å². The molecule has 0 aliphatic carbocycles. The number of halogens is 1. The number of fused-ring (bicyclic) bond motifs is 1. The molecule has 2 heterocycles. The molecule has 6 heteroatoms. The smallest absolute Gasteiger partial charge is 0.226 e. The van der Waals surface area contributed by atoms with Crippen molar-refractivity contribution < 1.29 is 9.18 Å². The topological polar surface area (TPSA) is 66.4 Å². The molecule has 0 spiro atoms. The molecule has 2 aromatic rings. The SMILES string of the molecule is CCNC1=NCc2c1cnc(CC(=O)N[C@H](C)c1ccccc1)c2F. The van der Waals surface area contributed by atoms with Crippen molar-refractivity contribution >= 4 is 11.7 Å². The Morgan fingerprint density at radius 2 is 2.08 bits per heavy atom. The van der Waals surface area contributed by atoms with E-state index in [0.717, 1.165) is 5.56 Å². The van der Waals surface area contributed by atoms with Crippen LogP contribution in [0.1, 0.15) is 42.3 Å². The summed E-state index contributed by atoms with van der Waals surface area (Å²) in [4.78, 5) is 20.7.